The fourth-order valence-electron chi connectivity index (χ4n) is 2.56. The molecule has 0 aromatic heterocycles. The summed E-state index contributed by atoms with van der Waals surface area (Å²) in [5, 5.41) is 3.63. The molecule has 1 fully saturated rings. The van der Waals surface area contributed by atoms with Crippen LogP contribution in [0.5, 0.6) is 0 Å². The highest BCUT2D eigenvalue weighted by molar-refractivity contribution is 5.27. The van der Waals surface area contributed by atoms with Crippen molar-refractivity contribution in [1.82, 2.24) is 5.32 Å². The molecule has 2 unspecified atom stereocenters. The van der Waals surface area contributed by atoms with Crippen LogP contribution in [0.3, 0.4) is 0 Å². The molecule has 1 aliphatic carbocycles. The third-order valence-corrected chi connectivity index (χ3v) is 4.24. The van der Waals surface area contributed by atoms with E-state index in [2.05, 4.69) is 50.4 Å². The Morgan fingerprint density at radius 1 is 1.11 bits per heavy atom. The second kappa shape index (κ2) is 6.38. The quantitative estimate of drug-likeness (QED) is 0.737. The molecule has 18 heavy (non-hydrogen) atoms. The van der Waals surface area contributed by atoms with Crippen molar-refractivity contribution in [1.29, 1.82) is 0 Å². The molecular weight excluding hydrogens is 218 g/mol. The highest BCUT2D eigenvalue weighted by Crippen LogP contribution is 2.37. The number of rotatable bonds is 7. The van der Waals surface area contributed by atoms with Gasteiger partial charge in [0, 0.05) is 6.04 Å². The van der Waals surface area contributed by atoms with Crippen molar-refractivity contribution >= 4 is 0 Å². The van der Waals surface area contributed by atoms with Gasteiger partial charge >= 0.3 is 0 Å². The Labute approximate surface area is 112 Å². The minimum Gasteiger partial charge on any atom is -0.310 e. The predicted molar refractivity (Wildman–Crippen MR) is 78.9 cm³/mol. The van der Waals surface area contributed by atoms with Gasteiger partial charge in [-0.3, -0.25) is 0 Å². The van der Waals surface area contributed by atoms with Crippen molar-refractivity contribution in [2.24, 2.45) is 5.92 Å². The van der Waals surface area contributed by atoms with E-state index in [0.29, 0.717) is 12.0 Å². The first-order chi connectivity index (χ1) is 8.74. The van der Waals surface area contributed by atoms with E-state index in [-0.39, 0.29) is 0 Å². The first-order valence-electron chi connectivity index (χ1n) is 7.57. The third kappa shape index (κ3) is 3.58. The van der Waals surface area contributed by atoms with E-state index in [1.54, 1.807) is 0 Å². The highest BCUT2D eigenvalue weighted by atomic mass is 14.9. The van der Waals surface area contributed by atoms with Gasteiger partial charge in [0.05, 0.1) is 0 Å². The summed E-state index contributed by atoms with van der Waals surface area (Å²) in [4.78, 5) is 0. The molecule has 1 nitrogen and oxygen atoms in total. The van der Waals surface area contributed by atoms with Crippen molar-refractivity contribution in [3.8, 4) is 0 Å². The average Bonchev–Trinajstić information content (AvgIpc) is 3.21. The number of benzene rings is 1. The molecule has 0 heterocycles. The zero-order valence-electron chi connectivity index (χ0n) is 12.1. The van der Waals surface area contributed by atoms with Crippen molar-refractivity contribution in [2.45, 2.75) is 58.4 Å². The topological polar surface area (TPSA) is 12.0 Å². The van der Waals surface area contributed by atoms with E-state index < -0.39 is 0 Å². The Bertz CT molecular complexity index is 350. The molecule has 1 aromatic carbocycles. The molecule has 1 aromatic rings. The van der Waals surface area contributed by atoms with E-state index in [1.807, 2.05) is 0 Å². The lowest BCUT2D eigenvalue weighted by Gasteiger charge is -2.19. The summed E-state index contributed by atoms with van der Waals surface area (Å²) in [7, 11) is 0. The van der Waals surface area contributed by atoms with Gasteiger partial charge in [0.25, 0.3) is 0 Å². The summed E-state index contributed by atoms with van der Waals surface area (Å²) in [6.07, 6.45) is 5.41. The molecule has 0 bridgehead atoms. The second-order valence-corrected chi connectivity index (χ2v) is 5.77. The van der Waals surface area contributed by atoms with E-state index in [0.717, 1.165) is 12.5 Å². The fraction of sp³-hybridized carbons (Fsp3) is 0.647. The zero-order valence-corrected chi connectivity index (χ0v) is 12.1. The minimum atomic E-state index is 0.563. The summed E-state index contributed by atoms with van der Waals surface area (Å²) >= 11 is 0. The molecule has 0 aliphatic heterocycles. The number of nitrogens with one attached hydrogen (secondary N) is 1. The fourth-order valence-corrected chi connectivity index (χ4v) is 2.56. The molecule has 1 aliphatic rings. The van der Waals surface area contributed by atoms with Crippen LogP contribution in [0.25, 0.3) is 0 Å². The Hall–Kier alpha value is -0.820. The van der Waals surface area contributed by atoms with E-state index in [4.69, 9.17) is 0 Å². The van der Waals surface area contributed by atoms with Crippen LogP contribution in [0.4, 0.5) is 0 Å². The summed E-state index contributed by atoms with van der Waals surface area (Å²) in [6.45, 7) is 7.83. The number of hydrogen-bond donors (Lipinski definition) is 1. The molecule has 0 radical (unpaired) electrons. The molecule has 0 spiro atoms. The summed E-state index contributed by atoms with van der Waals surface area (Å²) in [6, 6.07) is 9.86. The molecule has 1 saturated carbocycles. The first kappa shape index (κ1) is 13.6. The standard InChI is InChI=1S/C17H27N/c1-4-13(3)15-8-10-16(11-9-15)17(18-5-2)12-14-6-7-14/h8-11,13-14,17-18H,4-7,12H2,1-3H3. The Morgan fingerprint density at radius 2 is 1.72 bits per heavy atom. The van der Waals surface area contributed by atoms with Crippen molar-refractivity contribution in [3.05, 3.63) is 35.4 Å². The maximum atomic E-state index is 3.63. The van der Waals surface area contributed by atoms with E-state index in [1.165, 1.54) is 36.8 Å². The molecule has 1 heteroatoms. The van der Waals surface area contributed by atoms with Crippen molar-refractivity contribution in [3.63, 3.8) is 0 Å². The lowest BCUT2D eigenvalue weighted by molar-refractivity contribution is 0.486. The average molecular weight is 245 g/mol. The van der Waals surface area contributed by atoms with Crippen LogP contribution in [0.15, 0.2) is 24.3 Å². The molecule has 2 atom stereocenters. The van der Waals surface area contributed by atoms with Gasteiger partial charge in [-0.1, -0.05) is 57.9 Å². The van der Waals surface area contributed by atoms with Crippen molar-refractivity contribution < 1.29 is 0 Å². The van der Waals surface area contributed by atoms with Crippen LogP contribution in [-0.4, -0.2) is 6.54 Å². The van der Waals surface area contributed by atoms with Crippen LogP contribution in [0.1, 0.15) is 69.5 Å². The summed E-state index contributed by atoms with van der Waals surface area (Å²) < 4.78 is 0. The van der Waals surface area contributed by atoms with Crippen LogP contribution < -0.4 is 5.32 Å². The maximum Gasteiger partial charge on any atom is 0.0322 e. The lowest BCUT2D eigenvalue weighted by atomic mass is 9.94. The first-order valence-corrected chi connectivity index (χ1v) is 7.57. The van der Waals surface area contributed by atoms with Gasteiger partial charge in [-0.15, -0.1) is 0 Å². The van der Waals surface area contributed by atoms with Crippen molar-refractivity contribution in [2.75, 3.05) is 6.54 Å². The molecule has 1 N–H and O–H groups in total. The monoisotopic (exact) mass is 245 g/mol. The van der Waals surface area contributed by atoms with Gasteiger partial charge in [-0.2, -0.15) is 0 Å². The van der Waals surface area contributed by atoms with Gasteiger partial charge in [0.2, 0.25) is 0 Å². The summed E-state index contributed by atoms with van der Waals surface area (Å²) in [5.74, 6) is 1.66. The predicted octanol–water partition coefficient (Wildman–Crippen LogP) is 4.65. The zero-order chi connectivity index (χ0) is 13.0. The molecule has 0 amide bonds. The Balaban J connectivity index is 2.04. The molecule has 2 rings (SSSR count). The summed E-state index contributed by atoms with van der Waals surface area (Å²) in [5.41, 5.74) is 2.94. The largest absolute Gasteiger partial charge is 0.310 e. The van der Waals surface area contributed by atoms with Crippen LogP contribution in [0, 0.1) is 5.92 Å². The van der Waals surface area contributed by atoms with Gasteiger partial charge < -0.3 is 5.32 Å². The maximum absolute atomic E-state index is 3.63. The van der Waals surface area contributed by atoms with Gasteiger partial charge in [0.1, 0.15) is 0 Å². The van der Waals surface area contributed by atoms with E-state index >= 15 is 0 Å². The van der Waals surface area contributed by atoms with Gasteiger partial charge in [-0.25, -0.2) is 0 Å². The lowest BCUT2D eigenvalue weighted by Crippen LogP contribution is -2.21. The molecule has 0 saturated heterocycles. The van der Waals surface area contributed by atoms with Crippen LogP contribution in [-0.2, 0) is 0 Å². The SMILES string of the molecule is CCNC(CC1CC1)c1ccc(C(C)CC)cc1. The van der Waals surface area contributed by atoms with Gasteiger partial charge in [-0.05, 0) is 42.3 Å². The highest BCUT2D eigenvalue weighted by Gasteiger charge is 2.25. The van der Waals surface area contributed by atoms with Gasteiger partial charge in [0.15, 0.2) is 0 Å². The normalized spacial score (nSPS) is 18.6. The van der Waals surface area contributed by atoms with Crippen LogP contribution >= 0.6 is 0 Å². The Morgan fingerprint density at radius 3 is 2.22 bits per heavy atom. The molecular formula is C17H27N. The number of hydrogen-bond acceptors (Lipinski definition) is 1. The third-order valence-electron chi connectivity index (χ3n) is 4.24. The smallest absolute Gasteiger partial charge is 0.0322 e. The Kier molecular flexibility index (Phi) is 4.82. The second-order valence-electron chi connectivity index (χ2n) is 5.77. The minimum absolute atomic E-state index is 0.563. The molecule has 100 valence electrons. The van der Waals surface area contributed by atoms with Crippen LogP contribution in [0.2, 0.25) is 0 Å². The van der Waals surface area contributed by atoms with E-state index in [9.17, 15) is 0 Å².